The maximum absolute atomic E-state index is 5.79. The van der Waals surface area contributed by atoms with Gasteiger partial charge in [0.1, 0.15) is 5.75 Å². The smallest absolute Gasteiger partial charge is 0.118 e. The van der Waals surface area contributed by atoms with Gasteiger partial charge in [0.05, 0.1) is 7.11 Å². The third kappa shape index (κ3) is 3.47. The zero-order chi connectivity index (χ0) is 12.8. The number of hydrogen-bond acceptors (Lipinski definition) is 3. The summed E-state index contributed by atoms with van der Waals surface area (Å²) in [6.45, 7) is 1.85. The summed E-state index contributed by atoms with van der Waals surface area (Å²) >= 11 is 0. The van der Waals surface area contributed by atoms with Crippen molar-refractivity contribution in [3.63, 3.8) is 0 Å². The van der Waals surface area contributed by atoms with Crippen LogP contribution in [0, 0.1) is 5.92 Å². The van der Waals surface area contributed by atoms with Crippen LogP contribution in [-0.4, -0.2) is 26.2 Å². The first-order chi connectivity index (χ1) is 8.83. The maximum atomic E-state index is 5.79. The highest BCUT2D eigenvalue weighted by atomic mass is 16.5. The molecule has 0 spiro atoms. The lowest BCUT2D eigenvalue weighted by atomic mass is 10.0. The number of ether oxygens (including phenoxy) is 1. The minimum atomic E-state index is 0.633. The fourth-order valence-electron chi connectivity index (χ4n) is 2.78. The van der Waals surface area contributed by atoms with E-state index in [1.165, 1.54) is 24.8 Å². The molecule has 0 heterocycles. The molecule has 3 nitrogen and oxygen atoms in total. The summed E-state index contributed by atoms with van der Waals surface area (Å²) in [6.07, 6.45) is 4.96. The molecule has 1 aliphatic rings. The van der Waals surface area contributed by atoms with E-state index in [9.17, 15) is 0 Å². The normalized spacial score (nSPS) is 23.2. The molecule has 18 heavy (non-hydrogen) atoms. The van der Waals surface area contributed by atoms with Crippen LogP contribution in [0.3, 0.4) is 0 Å². The monoisotopic (exact) mass is 248 g/mol. The highest BCUT2D eigenvalue weighted by Gasteiger charge is 2.24. The lowest BCUT2D eigenvalue weighted by Crippen LogP contribution is -2.37. The Bertz CT molecular complexity index is 350. The van der Waals surface area contributed by atoms with Crippen molar-refractivity contribution in [2.24, 2.45) is 11.7 Å². The fourth-order valence-corrected chi connectivity index (χ4v) is 2.78. The van der Waals surface area contributed by atoms with Gasteiger partial charge in [0.2, 0.25) is 0 Å². The van der Waals surface area contributed by atoms with E-state index in [4.69, 9.17) is 10.5 Å². The van der Waals surface area contributed by atoms with E-state index in [1.54, 1.807) is 7.11 Å². The van der Waals surface area contributed by atoms with Crippen LogP contribution in [0.4, 0.5) is 0 Å². The predicted octanol–water partition coefficient (Wildman–Crippen LogP) is 1.95. The number of nitrogens with two attached hydrogens (primary N) is 1. The van der Waals surface area contributed by atoms with Crippen LogP contribution < -0.4 is 15.8 Å². The largest absolute Gasteiger partial charge is 0.497 e. The van der Waals surface area contributed by atoms with Crippen molar-refractivity contribution in [3.8, 4) is 5.75 Å². The molecule has 2 unspecified atom stereocenters. The number of benzene rings is 1. The van der Waals surface area contributed by atoms with Crippen LogP contribution in [0.1, 0.15) is 24.8 Å². The molecule has 0 radical (unpaired) electrons. The van der Waals surface area contributed by atoms with E-state index in [2.05, 4.69) is 17.4 Å². The van der Waals surface area contributed by atoms with Crippen LogP contribution in [0.5, 0.6) is 5.75 Å². The van der Waals surface area contributed by atoms with Gasteiger partial charge in [-0.05, 0) is 56.0 Å². The van der Waals surface area contributed by atoms with E-state index in [0.29, 0.717) is 12.0 Å². The number of methoxy groups -OCH3 is 1. The molecule has 2 atom stereocenters. The van der Waals surface area contributed by atoms with Gasteiger partial charge in [-0.1, -0.05) is 18.6 Å². The van der Waals surface area contributed by atoms with Gasteiger partial charge in [-0.25, -0.2) is 0 Å². The van der Waals surface area contributed by atoms with Crippen molar-refractivity contribution in [1.29, 1.82) is 0 Å². The second kappa shape index (κ2) is 6.76. The van der Waals surface area contributed by atoms with Gasteiger partial charge in [-0.15, -0.1) is 0 Å². The number of hydrogen-bond donors (Lipinski definition) is 2. The minimum Gasteiger partial charge on any atom is -0.497 e. The average molecular weight is 248 g/mol. The lowest BCUT2D eigenvalue weighted by Gasteiger charge is -2.19. The molecule has 3 heteroatoms. The van der Waals surface area contributed by atoms with E-state index < -0.39 is 0 Å². The topological polar surface area (TPSA) is 47.3 Å². The van der Waals surface area contributed by atoms with Gasteiger partial charge in [-0.2, -0.15) is 0 Å². The van der Waals surface area contributed by atoms with Crippen molar-refractivity contribution in [3.05, 3.63) is 29.8 Å². The fraction of sp³-hybridized carbons (Fsp3) is 0.600. The standard InChI is InChI=1S/C15H24N2O/c1-18-14-7-5-12(6-8-14)9-10-17-15-4-2-3-13(15)11-16/h5-8,13,15,17H,2-4,9-11,16H2,1H3. The highest BCUT2D eigenvalue weighted by Crippen LogP contribution is 2.24. The number of nitrogens with one attached hydrogen (secondary N) is 1. The van der Waals surface area contributed by atoms with Crippen LogP contribution >= 0.6 is 0 Å². The first kappa shape index (κ1) is 13.4. The Kier molecular flexibility index (Phi) is 5.02. The van der Waals surface area contributed by atoms with Crippen molar-refractivity contribution >= 4 is 0 Å². The molecule has 1 aromatic carbocycles. The molecule has 2 rings (SSSR count). The summed E-state index contributed by atoms with van der Waals surface area (Å²) < 4.78 is 5.15. The van der Waals surface area contributed by atoms with Crippen LogP contribution in [0.15, 0.2) is 24.3 Å². The predicted molar refractivity (Wildman–Crippen MR) is 74.9 cm³/mol. The molecule has 1 saturated carbocycles. The highest BCUT2D eigenvalue weighted by molar-refractivity contribution is 5.27. The van der Waals surface area contributed by atoms with Crippen molar-refractivity contribution < 1.29 is 4.74 Å². The van der Waals surface area contributed by atoms with Crippen LogP contribution in [0.25, 0.3) is 0 Å². The average Bonchev–Trinajstić information content (AvgIpc) is 2.87. The summed E-state index contributed by atoms with van der Waals surface area (Å²) in [5.74, 6) is 1.60. The second-order valence-corrected chi connectivity index (χ2v) is 5.09. The lowest BCUT2D eigenvalue weighted by molar-refractivity contribution is 0.409. The molecule has 0 aromatic heterocycles. The van der Waals surface area contributed by atoms with E-state index in [0.717, 1.165) is 25.3 Å². The van der Waals surface area contributed by atoms with Gasteiger partial charge < -0.3 is 15.8 Å². The number of rotatable bonds is 6. The molecule has 0 amide bonds. The van der Waals surface area contributed by atoms with Crippen LogP contribution in [-0.2, 0) is 6.42 Å². The van der Waals surface area contributed by atoms with Gasteiger partial charge in [-0.3, -0.25) is 0 Å². The van der Waals surface area contributed by atoms with Crippen LogP contribution in [0.2, 0.25) is 0 Å². The third-order valence-electron chi connectivity index (χ3n) is 3.94. The van der Waals surface area contributed by atoms with Crippen molar-refractivity contribution in [2.45, 2.75) is 31.7 Å². The summed E-state index contributed by atoms with van der Waals surface area (Å²) in [5, 5.41) is 3.65. The zero-order valence-electron chi connectivity index (χ0n) is 11.2. The first-order valence-corrected chi connectivity index (χ1v) is 6.90. The molecule has 100 valence electrons. The molecule has 0 bridgehead atoms. The Morgan fingerprint density at radius 3 is 2.72 bits per heavy atom. The van der Waals surface area contributed by atoms with Crippen molar-refractivity contribution in [1.82, 2.24) is 5.32 Å². The third-order valence-corrected chi connectivity index (χ3v) is 3.94. The Morgan fingerprint density at radius 2 is 2.06 bits per heavy atom. The molecular formula is C15H24N2O. The molecule has 1 aliphatic carbocycles. The Hall–Kier alpha value is -1.06. The molecule has 1 aromatic rings. The summed E-state index contributed by atoms with van der Waals surface area (Å²) in [6, 6.07) is 8.94. The zero-order valence-corrected chi connectivity index (χ0v) is 11.2. The SMILES string of the molecule is COc1ccc(CCNC2CCCC2CN)cc1. The van der Waals surface area contributed by atoms with E-state index in [-0.39, 0.29) is 0 Å². The van der Waals surface area contributed by atoms with E-state index in [1.807, 2.05) is 12.1 Å². The first-order valence-electron chi connectivity index (χ1n) is 6.90. The second-order valence-electron chi connectivity index (χ2n) is 5.09. The van der Waals surface area contributed by atoms with Gasteiger partial charge >= 0.3 is 0 Å². The quantitative estimate of drug-likeness (QED) is 0.809. The summed E-state index contributed by atoms with van der Waals surface area (Å²) in [5.41, 5.74) is 7.14. The summed E-state index contributed by atoms with van der Waals surface area (Å²) in [4.78, 5) is 0. The molecule has 0 saturated heterocycles. The van der Waals surface area contributed by atoms with Gasteiger partial charge in [0.15, 0.2) is 0 Å². The molecular weight excluding hydrogens is 224 g/mol. The molecule has 0 aliphatic heterocycles. The minimum absolute atomic E-state index is 0.633. The molecule has 1 fully saturated rings. The summed E-state index contributed by atoms with van der Waals surface area (Å²) in [7, 11) is 1.70. The molecule has 3 N–H and O–H groups in total. The van der Waals surface area contributed by atoms with Gasteiger partial charge in [0, 0.05) is 6.04 Å². The van der Waals surface area contributed by atoms with Crippen molar-refractivity contribution in [2.75, 3.05) is 20.2 Å². The Balaban J connectivity index is 1.74. The maximum Gasteiger partial charge on any atom is 0.118 e. The van der Waals surface area contributed by atoms with E-state index >= 15 is 0 Å². The Morgan fingerprint density at radius 1 is 1.28 bits per heavy atom. The Labute approximate surface area is 110 Å². The van der Waals surface area contributed by atoms with Gasteiger partial charge in [0.25, 0.3) is 0 Å².